The van der Waals surface area contributed by atoms with E-state index in [1.54, 1.807) is 35.2 Å². The van der Waals surface area contributed by atoms with Crippen LogP contribution in [0.1, 0.15) is 24.8 Å². The van der Waals surface area contributed by atoms with Gasteiger partial charge in [0.25, 0.3) is 10.0 Å². The predicted octanol–water partition coefficient (Wildman–Crippen LogP) is 3.32. The van der Waals surface area contributed by atoms with E-state index in [0.29, 0.717) is 24.4 Å². The summed E-state index contributed by atoms with van der Waals surface area (Å²) < 4.78 is 32.7. The number of nitrogens with zero attached hydrogens (tertiary/aromatic N) is 1. The molecule has 0 aromatic heterocycles. The van der Waals surface area contributed by atoms with Gasteiger partial charge in [0.05, 0.1) is 12.0 Å². The molecule has 0 aliphatic carbocycles. The fraction of sp³-hybridized carbons (Fsp3) is 0.316. The molecule has 0 spiro atoms. The maximum Gasteiger partial charge on any atom is 0.261 e. The molecule has 1 aliphatic rings. The molecule has 0 radical (unpaired) electrons. The summed E-state index contributed by atoms with van der Waals surface area (Å²) in [7, 11) is -2.16. The normalized spacial score (nSPS) is 15.0. The highest BCUT2D eigenvalue weighted by Crippen LogP contribution is 2.28. The first kappa shape index (κ1) is 18.3. The molecule has 2 aromatic carbocycles. The Morgan fingerprint density at radius 2 is 1.81 bits per heavy atom. The number of aryl methyl sites for hydroxylation is 1. The summed E-state index contributed by atoms with van der Waals surface area (Å²) in [5.41, 5.74) is 2.16. The van der Waals surface area contributed by atoms with Gasteiger partial charge in [-0.25, -0.2) is 8.42 Å². The van der Waals surface area contributed by atoms with Gasteiger partial charge in [0.1, 0.15) is 5.75 Å². The molecule has 138 valence electrons. The highest BCUT2D eigenvalue weighted by molar-refractivity contribution is 7.92. The largest absolute Gasteiger partial charge is 0.497 e. The molecule has 0 bridgehead atoms. The van der Waals surface area contributed by atoms with E-state index in [2.05, 4.69) is 4.72 Å². The molecular weight excluding hydrogens is 352 g/mol. The maximum atomic E-state index is 12.5. The van der Waals surface area contributed by atoms with Crippen molar-refractivity contribution in [3.05, 3.63) is 48.0 Å². The Morgan fingerprint density at radius 1 is 1.08 bits per heavy atom. The Balaban J connectivity index is 1.81. The summed E-state index contributed by atoms with van der Waals surface area (Å²) in [5.74, 6) is 0.709. The number of rotatable bonds is 5. The van der Waals surface area contributed by atoms with Gasteiger partial charge in [0.15, 0.2) is 0 Å². The number of hydrogen-bond donors (Lipinski definition) is 1. The second-order valence-corrected chi connectivity index (χ2v) is 7.97. The maximum absolute atomic E-state index is 12.5. The van der Waals surface area contributed by atoms with Crippen molar-refractivity contribution in [3.8, 4) is 5.75 Å². The second kappa shape index (κ2) is 7.37. The van der Waals surface area contributed by atoms with Gasteiger partial charge in [-0.3, -0.25) is 9.52 Å². The molecule has 0 atom stereocenters. The molecule has 7 heteroatoms. The minimum Gasteiger partial charge on any atom is -0.497 e. The lowest BCUT2D eigenvalue weighted by Gasteiger charge is -2.28. The highest BCUT2D eigenvalue weighted by Gasteiger charge is 2.21. The molecule has 1 N–H and O–H groups in total. The van der Waals surface area contributed by atoms with Crippen LogP contribution in [-0.2, 0) is 14.8 Å². The minimum atomic E-state index is -3.69. The monoisotopic (exact) mass is 374 g/mol. The van der Waals surface area contributed by atoms with Crippen LogP contribution in [0.5, 0.6) is 5.75 Å². The molecule has 3 rings (SSSR count). The Bertz CT molecular complexity index is 908. The molecular formula is C19H22N2O4S. The molecule has 6 nitrogen and oxygen atoms in total. The molecule has 26 heavy (non-hydrogen) atoms. The number of amides is 1. The van der Waals surface area contributed by atoms with E-state index in [-0.39, 0.29) is 10.8 Å². The van der Waals surface area contributed by atoms with Crippen LogP contribution in [0.3, 0.4) is 0 Å². The summed E-state index contributed by atoms with van der Waals surface area (Å²) in [5, 5.41) is 0. The van der Waals surface area contributed by atoms with Gasteiger partial charge in [-0.05, 0) is 67.8 Å². The van der Waals surface area contributed by atoms with Crippen LogP contribution in [0.15, 0.2) is 47.4 Å². The van der Waals surface area contributed by atoms with Crippen molar-refractivity contribution in [1.82, 2.24) is 0 Å². The number of anilines is 2. The number of sulfonamides is 1. The van der Waals surface area contributed by atoms with Crippen LogP contribution < -0.4 is 14.4 Å². The van der Waals surface area contributed by atoms with E-state index < -0.39 is 10.0 Å². The lowest BCUT2D eigenvalue weighted by molar-refractivity contribution is -0.119. The second-order valence-electron chi connectivity index (χ2n) is 6.28. The van der Waals surface area contributed by atoms with E-state index in [9.17, 15) is 13.2 Å². The third kappa shape index (κ3) is 3.83. The Hall–Kier alpha value is -2.54. The van der Waals surface area contributed by atoms with Crippen molar-refractivity contribution in [3.63, 3.8) is 0 Å². The Labute approximate surface area is 153 Å². The number of carbonyl (C=O) groups excluding carboxylic acids is 1. The minimum absolute atomic E-state index is 0.117. The molecule has 2 aromatic rings. The Kier molecular flexibility index (Phi) is 5.18. The average Bonchev–Trinajstić information content (AvgIpc) is 2.62. The zero-order valence-corrected chi connectivity index (χ0v) is 15.7. The van der Waals surface area contributed by atoms with Gasteiger partial charge in [0, 0.05) is 24.3 Å². The van der Waals surface area contributed by atoms with Gasteiger partial charge in [-0.15, -0.1) is 0 Å². The lowest BCUT2D eigenvalue weighted by Crippen LogP contribution is -2.35. The standard InChI is InChI=1S/C19H22N2O4S/c1-14-13-15(6-11-18(14)21-12-4-3-5-19(21)22)20-26(23,24)17-9-7-16(25-2)8-10-17/h6-11,13,20H,3-5,12H2,1-2H3. The van der Waals surface area contributed by atoms with Crippen LogP contribution in [-0.4, -0.2) is 28.0 Å². The van der Waals surface area contributed by atoms with E-state index in [0.717, 1.165) is 24.1 Å². The number of hydrogen-bond acceptors (Lipinski definition) is 4. The van der Waals surface area contributed by atoms with Crippen molar-refractivity contribution in [2.75, 3.05) is 23.3 Å². The van der Waals surface area contributed by atoms with Crippen LogP contribution >= 0.6 is 0 Å². The molecule has 0 unspecified atom stereocenters. The quantitative estimate of drug-likeness (QED) is 0.871. The molecule has 1 fully saturated rings. The molecule has 1 heterocycles. The predicted molar refractivity (Wildman–Crippen MR) is 101 cm³/mol. The van der Waals surface area contributed by atoms with Crippen LogP contribution in [0.25, 0.3) is 0 Å². The first-order chi connectivity index (χ1) is 12.4. The molecule has 1 amide bonds. The fourth-order valence-corrected chi connectivity index (χ4v) is 4.10. The van der Waals surface area contributed by atoms with Crippen molar-refractivity contribution >= 4 is 27.3 Å². The number of carbonyl (C=O) groups is 1. The summed E-state index contributed by atoms with van der Waals surface area (Å²) in [6.45, 7) is 2.58. The summed E-state index contributed by atoms with van der Waals surface area (Å²) >= 11 is 0. The number of piperidine rings is 1. The highest BCUT2D eigenvalue weighted by atomic mass is 32.2. The zero-order chi connectivity index (χ0) is 18.7. The number of benzene rings is 2. The lowest BCUT2D eigenvalue weighted by atomic mass is 10.1. The summed E-state index contributed by atoms with van der Waals surface area (Å²) in [4.78, 5) is 14.0. The van der Waals surface area contributed by atoms with E-state index in [1.807, 2.05) is 6.92 Å². The van der Waals surface area contributed by atoms with Crippen molar-refractivity contribution < 1.29 is 17.9 Å². The number of nitrogens with one attached hydrogen (secondary N) is 1. The van der Waals surface area contributed by atoms with Gasteiger partial charge in [-0.1, -0.05) is 0 Å². The van der Waals surface area contributed by atoms with Crippen LogP contribution in [0, 0.1) is 6.92 Å². The first-order valence-corrected chi connectivity index (χ1v) is 9.97. The summed E-state index contributed by atoms with van der Waals surface area (Å²) in [6.07, 6.45) is 2.47. The topological polar surface area (TPSA) is 75.7 Å². The SMILES string of the molecule is COc1ccc(S(=O)(=O)Nc2ccc(N3CCCCC3=O)c(C)c2)cc1. The third-order valence-corrected chi connectivity index (χ3v) is 5.83. The molecule has 0 saturated carbocycles. The van der Waals surface area contributed by atoms with E-state index in [1.165, 1.54) is 19.2 Å². The van der Waals surface area contributed by atoms with E-state index >= 15 is 0 Å². The zero-order valence-electron chi connectivity index (χ0n) is 14.9. The van der Waals surface area contributed by atoms with Gasteiger partial charge < -0.3 is 9.64 Å². The third-order valence-electron chi connectivity index (χ3n) is 4.43. The van der Waals surface area contributed by atoms with Crippen molar-refractivity contribution in [2.45, 2.75) is 31.1 Å². The number of methoxy groups -OCH3 is 1. The smallest absolute Gasteiger partial charge is 0.261 e. The van der Waals surface area contributed by atoms with Crippen molar-refractivity contribution in [2.24, 2.45) is 0 Å². The Morgan fingerprint density at radius 3 is 2.42 bits per heavy atom. The van der Waals surface area contributed by atoms with Crippen LogP contribution in [0.2, 0.25) is 0 Å². The molecule has 1 aliphatic heterocycles. The average molecular weight is 374 g/mol. The number of ether oxygens (including phenoxy) is 1. The first-order valence-electron chi connectivity index (χ1n) is 8.48. The van der Waals surface area contributed by atoms with E-state index in [4.69, 9.17) is 4.74 Å². The van der Waals surface area contributed by atoms with Gasteiger partial charge >= 0.3 is 0 Å². The summed E-state index contributed by atoms with van der Waals surface area (Å²) in [6, 6.07) is 11.4. The fourth-order valence-electron chi connectivity index (χ4n) is 3.05. The van der Waals surface area contributed by atoms with Crippen molar-refractivity contribution in [1.29, 1.82) is 0 Å². The van der Waals surface area contributed by atoms with Gasteiger partial charge in [0.2, 0.25) is 5.91 Å². The van der Waals surface area contributed by atoms with Gasteiger partial charge in [-0.2, -0.15) is 0 Å². The molecule has 1 saturated heterocycles. The van der Waals surface area contributed by atoms with Crippen LogP contribution in [0.4, 0.5) is 11.4 Å².